The summed E-state index contributed by atoms with van der Waals surface area (Å²) >= 11 is 0. The van der Waals surface area contributed by atoms with E-state index in [0.717, 1.165) is 19.6 Å². The Morgan fingerprint density at radius 3 is 2.59 bits per heavy atom. The van der Waals surface area contributed by atoms with Crippen molar-refractivity contribution in [1.82, 2.24) is 15.1 Å². The minimum atomic E-state index is 0.213. The molecule has 1 aromatic carbocycles. The molecule has 2 saturated heterocycles. The molecule has 1 aliphatic carbocycles. The number of benzene rings is 1. The Morgan fingerprint density at radius 1 is 1.05 bits per heavy atom. The van der Waals surface area contributed by atoms with Gasteiger partial charge < -0.3 is 15.1 Å². The van der Waals surface area contributed by atoms with Gasteiger partial charge in [0.2, 0.25) is 0 Å². The molecule has 2 aliphatic heterocycles. The predicted octanol–water partition coefficient (Wildman–Crippen LogP) is 2.77. The van der Waals surface area contributed by atoms with Crippen LogP contribution in [0.1, 0.15) is 43.7 Å². The molecule has 2 amide bonds. The van der Waals surface area contributed by atoms with Crippen molar-refractivity contribution in [1.29, 1.82) is 0 Å². The Bertz CT molecular complexity index is 526. The number of carbonyl (C=O) groups is 1. The van der Waals surface area contributed by atoms with Crippen LogP contribution in [-0.2, 0) is 0 Å². The average Bonchev–Trinajstić information content (AvgIpc) is 2.90. The number of urea groups is 1. The summed E-state index contributed by atoms with van der Waals surface area (Å²) in [6, 6.07) is 11.8. The van der Waals surface area contributed by atoms with Gasteiger partial charge in [-0.1, -0.05) is 49.6 Å². The van der Waals surface area contributed by atoms with Crippen molar-refractivity contribution >= 4 is 6.03 Å². The first-order chi connectivity index (χ1) is 10.9. The molecule has 4 heteroatoms. The molecule has 0 spiro atoms. The smallest absolute Gasteiger partial charge is 0.317 e. The van der Waals surface area contributed by atoms with Gasteiger partial charge in [0.25, 0.3) is 0 Å². The second-order valence-corrected chi connectivity index (χ2v) is 6.80. The molecule has 0 radical (unpaired) electrons. The number of hydrogen-bond donors (Lipinski definition) is 1. The number of piperazine rings is 1. The number of hydrogen-bond acceptors (Lipinski definition) is 2. The number of rotatable bonds is 2. The number of amides is 2. The molecule has 1 N–H and O–H groups in total. The summed E-state index contributed by atoms with van der Waals surface area (Å²) in [5.41, 5.74) is 1.29. The zero-order chi connectivity index (χ0) is 14.9. The van der Waals surface area contributed by atoms with E-state index in [-0.39, 0.29) is 18.1 Å². The van der Waals surface area contributed by atoms with Gasteiger partial charge in [0.15, 0.2) is 0 Å². The molecule has 3 aliphatic rings. The third kappa shape index (κ3) is 2.30. The van der Waals surface area contributed by atoms with Crippen LogP contribution in [0.25, 0.3) is 0 Å². The van der Waals surface area contributed by atoms with Gasteiger partial charge in [0.05, 0.1) is 12.1 Å². The van der Waals surface area contributed by atoms with Gasteiger partial charge in [-0.3, -0.25) is 0 Å². The lowest BCUT2D eigenvalue weighted by Crippen LogP contribution is -2.50. The fourth-order valence-corrected chi connectivity index (χ4v) is 4.47. The Hall–Kier alpha value is -1.55. The molecule has 118 valence electrons. The number of fused-ring (bicyclic) bond motifs is 1. The van der Waals surface area contributed by atoms with Crippen LogP contribution < -0.4 is 5.32 Å². The average molecular weight is 299 g/mol. The highest BCUT2D eigenvalue weighted by Crippen LogP contribution is 2.40. The first-order valence-corrected chi connectivity index (χ1v) is 8.71. The molecule has 2 atom stereocenters. The maximum absolute atomic E-state index is 13.0. The first kappa shape index (κ1) is 14.1. The van der Waals surface area contributed by atoms with Crippen LogP contribution in [0.4, 0.5) is 4.79 Å². The van der Waals surface area contributed by atoms with Crippen LogP contribution in [0.5, 0.6) is 0 Å². The fourth-order valence-electron chi connectivity index (χ4n) is 4.47. The lowest BCUT2D eigenvalue weighted by molar-refractivity contribution is 0.146. The molecule has 4 nitrogen and oxygen atoms in total. The van der Waals surface area contributed by atoms with Crippen LogP contribution in [-0.4, -0.2) is 47.5 Å². The Balaban J connectivity index is 1.70. The summed E-state index contributed by atoms with van der Waals surface area (Å²) in [4.78, 5) is 17.4. The van der Waals surface area contributed by atoms with Crippen molar-refractivity contribution in [3.63, 3.8) is 0 Å². The molecular weight excluding hydrogens is 274 g/mol. The van der Waals surface area contributed by atoms with Crippen molar-refractivity contribution in [3.05, 3.63) is 35.9 Å². The van der Waals surface area contributed by atoms with Gasteiger partial charge in [0.1, 0.15) is 0 Å². The second kappa shape index (κ2) is 5.92. The quantitative estimate of drug-likeness (QED) is 0.911. The monoisotopic (exact) mass is 299 g/mol. The molecule has 4 rings (SSSR count). The summed E-state index contributed by atoms with van der Waals surface area (Å²) in [7, 11) is 0. The normalized spacial score (nSPS) is 29.7. The fraction of sp³-hybridized carbons (Fsp3) is 0.611. The van der Waals surface area contributed by atoms with Crippen molar-refractivity contribution in [2.24, 2.45) is 0 Å². The van der Waals surface area contributed by atoms with Gasteiger partial charge in [-0.15, -0.1) is 0 Å². The summed E-state index contributed by atoms with van der Waals surface area (Å²) in [5.74, 6) is 0. The Morgan fingerprint density at radius 2 is 1.82 bits per heavy atom. The Kier molecular flexibility index (Phi) is 3.78. The van der Waals surface area contributed by atoms with Gasteiger partial charge in [-0.25, -0.2) is 4.79 Å². The molecule has 2 heterocycles. The molecular formula is C18H25N3O. The molecule has 1 saturated carbocycles. The topological polar surface area (TPSA) is 35.6 Å². The first-order valence-electron chi connectivity index (χ1n) is 8.71. The zero-order valence-corrected chi connectivity index (χ0v) is 13.1. The van der Waals surface area contributed by atoms with Crippen molar-refractivity contribution in [3.8, 4) is 0 Å². The molecule has 2 unspecified atom stereocenters. The summed E-state index contributed by atoms with van der Waals surface area (Å²) in [6.45, 7) is 2.67. The molecule has 1 aromatic rings. The minimum Gasteiger partial charge on any atom is -0.317 e. The van der Waals surface area contributed by atoms with Crippen LogP contribution in [0.15, 0.2) is 30.3 Å². The van der Waals surface area contributed by atoms with Crippen molar-refractivity contribution in [2.45, 2.75) is 50.2 Å². The van der Waals surface area contributed by atoms with Gasteiger partial charge in [-0.2, -0.15) is 0 Å². The van der Waals surface area contributed by atoms with E-state index in [1.165, 1.54) is 37.7 Å². The second-order valence-electron chi connectivity index (χ2n) is 6.80. The van der Waals surface area contributed by atoms with E-state index < -0.39 is 0 Å². The lowest BCUT2D eigenvalue weighted by atomic mass is 9.91. The van der Waals surface area contributed by atoms with E-state index in [2.05, 4.69) is 45.4 Å². The van der Waals surface area contributed by atoms with Crippen molar-refractivity contribution in [2.75, 3.05) is 19.6 Å². The third-order valence-corrected chi connectivity index (χ3v) is 5.52. The molecule has 22 heavy (non-hydrogen) atoms. The van der Waals surface area contributed by atoms with Crippen LogP contribution in [0, 0.1) is 0 Å². The molecule has 0 aromatic heterocycles. The number of nitrogens with one attached hydrogen (secondary N) is 1. The third-order valence-electron chi connectivity index (χ3n) is 5.52. The van der Waals surface area contributed by atoms with Crippen molar-refractivity contribution < 1.29 is 4.79 Å². The van der Waals surface area contributed by atoms with E-state index >= 15 is 0 Å². The van der Waals surface area contributed by atoms with E-state index in [9.17, 15) is 4.79 Å². The standard InChI is InChI=1S/C18H25N3O/c22-18-20-12-11-19-13-16(20)17(14-7-3-1-4-8-14)21(18)15-9-5-2-6-10-15/h1,3-4,7-8,15-17,19H,2,5-6,9-13H2. The maximum Gasteiger partial charge on any atom is 0.321 e. The van der Waals surface area contributed by atoms with Gasteiger partial charge >= 0.3 is 6.03 Å². The van der Waals surface area contributed by atoms with E-state index in [1.54, 1.807) is 0 Å². The van der Waals surface area contributed by atoms with Gasteiger partial charge in [-0.05, 0) is 18.4 Å². The lowest BCUT2D eigenvalue weighted by Gasteiger charge is -2.36. The SMILES string of the molecule is O=C1N2CCNCC2C(c2ccccc2)N1C1CCCCC1. The number of nitrogens with zero attached hydrogens (tertiary/aromatic N) is 2. The van der Waals surface area contributed by atoms with E-state index in [0.29, 0.717) is 6.04 Å². The van der Waals surface area contributed by atoms with Crippen LogP contribution in [0.3, 0.4) is 0 Å². The predicted molar refractivity (Wildman–Crippen MR) is 86.7 cm³/mol. The minimum absolute atomic E-state index is 0.213. The summed E-state index contributed by atoms with van der Waals surface area (Å²) < 4.78 is 0. The van der Waals surface area contributed by atoms with Crippen LogP contribution in [0.2, 0.25) is 0 Å². The molecule has 0 bridgehead atoms. The Labute approximate surface area is 132 Å². The maximum atomic E-state index is 13.0. The van der Waals surface area contributed by atoms with E-state index in [1.807, 2.05) is 0 Å². The highest BCUT2D eigenvalue weighted by Gasteiger charge is 2.49. The highest BCUT2D eigenvalue weighted by molar-refractivity contribution is 5.79. The largest absolute Gasteiger partial charge is 0.321 e. The summed E-state index contributed by atoms with van der Waals surface area (Å²) in [6.07, 6.45) is 6.19. The molecule has 3 fully saturated rings. The number of carbonyl (C=O) groups excluding carboxylic acids is 1. The highest BCUT2D eigenvalue weighted by atomic mass is 16.2. The summed E-state index contributed by atoms with van der Waals surface area (Å²) in [5, 5.41) is 3.48. The van der Waals surface area contributed by atoms with Gasteiger partial charge in [0, 0.05) is 25.7 Å². The van der Waals surface area contributed by atoms with Crippen LogP contribution >= 0.6 is 0 Å². The zero-order valence-electron chi connectivity index (χ0n) is 13.1. The van der Waals surface area contributed by atoms with E-state index in [4.69, 9.17) is 0 Å².